The summed E-state index contributed by atoms with van der Waals surface area (Å²) >= 11 is 11.7. The van der Waals surface area contributed by atoms with Gasteiger partial charge >= 0.3 is 0 Å². The fourth-order valence-corrected chi connectivity index (χ4v) is 3.60. The highest BCUT2D eigenvalue weighted by Gasteiger charge is 2.16. The first kappa shape index (κ1) is 20.1. The van der Waals surface area contributed by atoms with Gasteiger partial charge in [-0.2, -0.15) is 5.10 Å². The fraction of sp³-hybridized carbons (Fsp3) is 0.0870. The van der Waals surface area contributed by atoms with Crippen molar-refractivity contribution >= 4 is 35.4 Å². The van der Waals surface area contributed by atoms with Crippen LogP contribution in [0.15, 0.2) is 78.9 Å². The summed E-state index contributed by atoms with van der Waals surface area (Å²) in [5.41, 5.74) is 3.59. The monoisotopic (exact) mass is 434 g/mol. The molecule has 0 unspecified atom stereocenters. The molecule has 1 heterocycles. The molecule has 4 rings (SSSR count). The van der Waals surface area contributed by atoms with Crippen molar-refractivity contribution in [1.29, 1.82) is 0 Å². The van der Waals surface area contributed by atoms with Gasteiger partial charge in [-0.25, -0.2) is 4.68 Å². The zero-order valence-corrected chi connectivity index (χ0v) is 17.8. The van der Waals surface area contributed by atoms with Gasteiger partial charge in [-0.15, -0.1) is 0 Å². The summed E-state index contributed by atoms with van der Waals surface area (Å²) in [5, 5.41) is 8.06. The second kappa shape index (κ2) is 8.65. The normalized spacial score (nSPS) is 10.7. The van der Waals surface area contributed by atoms with Crippen LogP contribution in [-0.4, -0.2) is 20.3 Å². The third-order valence-electron chi connectivity index (χ3n) is 4.57. The van der Waals surface area contributed by atoms with Crippen LogP contribution in [0.5, 0.6) is 0 Å². The molecule has 0 saturated carbocycles. The second-order valence-corrected chi connectivity index (χ2v) is 7.66. The topological polar surface area (TPSA) is 51.9 Å². The molecule has 7 heteroatoms. The highest BCUT2D eigenvalue weighted by Crippen LogP contribution is 2.23. The van der Waals surface area contributed by atoms with Gasteiger partial charge in [0, 0.05) is 22.0 Å². The molecule has 5 nitrogen and oxygen atoms in total. The van der Waals surface area contributed by atoms with Crippen molar-refractivity contribution in [2.75, 3.05) is 5.32 Å². The third kappa shape index (κ3) is 4.35. The number of rotatable bonds is 5. The van der Waals surface area contributed by atoms with E-state index in [-0.39, 0.29) is 12.5 Å². The number of carbonyl (C=O) groups is 1. The van der Waals surface area contributed by atoms with Crippen molar-refractivity contribution < 1.29 is 4.79 Å². The molecule has 3 aromatic carbocycles. The average Bonchev–Trinajstić information content (AvgIpc) is 3.05. The molecule has 0 spiro atoms. The lowest BCUT2D eigenvalue weighted by Crippen LogP contribution is -2.19. The SMILES string of the molecule is Cc1ccc(-c2nn(CC(=O)Nc3cccc(Cl)c3)c(=S)n2-c2ccccc2)cc1. The maximum absolute atomic E-state index is 12.6. The molecule has 0 saturated heterocycles. The van der Waals surface area contributed by atoms with E-state index in [1.54, 1.807) is 24.3 Å². The molecule has 150 valence electrons. The Morgan fingerprint density at radius 2 is 1.77 bits per heavy atom. The number of anilines is 1. The van der Waals surface area contributed by atoms with Crippen LogP contribution in [0.3, 0.4) is 0 Å². The van der Waals surface area contributed by atoms with E-state index in [1.807, 2.05) is 66.1 Å². The zero-order chi connectivity index (χ0) is 21.1. The maximum atomic E-state index is 12.6. The number of halogens is 1. The quantitative estimate of drug-likeness (QED) is 0.411. The van der Waals surface area contributed by atoms with Crippen molar-refractivity contribution in [3.8, 4) is 17.1 Å². The van der Waals surface area contributed by atoms with Crippen molar-refractivity contribution in [2.24, 2.45) is 0 Å². The largest absolute Gasteiger partial charge is 0.324 e. The molecular weight excluding hydrogens is 416 g/mol. The number of amides is 1. The molecule has 0 aliphatic heterocycles. The van der Waals surface area contributed by atoms with Gasteiger partial charge in [-0.3, -0.25) is 9.36 Å². The van der Waals surface area contributed by atoms with Gasteiger partial charge < -0.3 is 5.32 Å². The molecule has 0 aliphatic rings. The van der Waals surface area contributed by atoms with Crippen LogP contribution in [0.2, 0.25) is 5.02 Å². The van der Waals surface area contributed by atoms with Crippen LogP contribution >= 0.6 is 23.8 Å². The van der Waals surface area contributed by atoms with Crippen LogP contribution in [0.4, 0.5) is 5.69 Å². The summed E-state index contributed by atoms with van der Waals surface area (Å²) in [4.78, 5) is 12.6. The van der Waals surface area contributed by atoms with Gasteiger partial charge in [0.15, 0.2) is 5.82 Å². The summed E-state index contributed by atoms with van der Waals surface area (Å²) in [6.07, 6.45) is 0. The van der Waals surface area contributed by atoms with Crippen molar-refractivity contribution in [2.45, 2.75) is 13.5 Å². The van der Waals surface area contributed by atoms with E-state index in [9.17, 15) is 4.79 Å². The van der Waals surface area contributed by atoms with Crippen LogP contribution < -0.4 is 5.32 Å². The molecule has 0 aliphatic carbocycles. The van der Waals surface area contributed by atoms with Crippen molar-refractivity contribution in [3.63, 3.8) is 0 Å². The lowest BCUT2D eigenvalue weighted by molar-refractivity contribution is -0.116. The Morgan fingerprint density at radius 1 is 1.03 bits per heavy atom. The molecular formula is C23H19ClN4OS. The minimum Gasteiger partial charge on any atom is -0.324 e. The van der Waals surface area contributed by atoms with E-state index < -0.39 is 0 Å². The molecule has 0 fully saturated rings. The number of benzene rings is 3. The van der Waals surface area contributed by atoms with Gasteiger partial charge in [-0.05, 0) is 49.5 Å². The highest BCUT2D eigenvalue weighted by atomic mass is 35.5. The number of nitrogens with zero attached hydrogens (tertiary/aromatic N) is 3. The number of aryl methyl sites for hydroxylation is 1. The molecule has 0 atom stereocenters. The van der Waals surface area contributed by atoms with Crippen LogP contribution in [0, 0.1) is 11.7 Å². The fourth-order valence-electron chi connectivity index (χ4n) is 3.11. The smallest absolute Gasteiger partial charge is 0.246 e. The van der Waals surface area contributed by atoms with E-state index in [2.05, 4.69) is 10.4 Å². The number of aromatic nitrogens is 3. The third-order valence-corrected chi connectivity index (χ3v) is 5.19. The molecule has 0 bridgehead atoms. The van der Waals surface area contributed by atoms with Gasteiger partial charge in [-0.1, -0.05) is 65.7 Å². The summed E-state index contributed by atoms with van der Waals surface area (Å²) in [6.45, 7) is 2.02. The average molecular weight is 435 g/mol. The molecule has 1 aromatic heterocycles. The first-order valence-corrected chi connectivity index (χ1v) is 10.2. The first-order valence-electron chi connectivity index (χ1n) is 9.39. The number of nitrogens with one attached hydrogen (secondary N) is 1. The minimum absolute atomic E-state index is 0.00988. The maximum Gasteiger partial charge on any atom is 0.246 e. The Labute approximate surface area is 184 Å². The molecule has 4 aromatic rings. The Hall–Kier alpha value is -3.22. The van der Waals surface area contributed by atoms with Gasteiger partial charge in [0.1, 0.15) is 6.54 Å². The van der Waals surface area contributed by atoms with E-state index in [0.29, 0.717) is 21.3 Å². The van der Waals surface area contributed by atoms with Crippen LogP contribution in [0.25, 0.3) is 17.1 Å². The van der Waals surface area contributed by atoms with E-state index in [4.69, 9.17) is 23.8 Å². The second-order valence-electron chi connectivity index (χ2n) is 6.86. The molecule has 30 heavy (non-hydrogen) atoms. The summed E-state index contributed by atoms with van der Waals surface area (Å²) in [5.74, 6) is 0.447. The Kier molecular flexibility index (Phi) is 5.79. The van der Waals surface area contributed by atoms with Crippen molar-refractivity contribution in [1.82, 2.24) is 14.3 Å². The lowest BCUT2D eigenvalue weighted by Gasteiger charge is -2.07. The molecule has 1 amide bonds. The van der Waals surface area contributed by atoms with E-state index >= 15 is 0 Å². The Bertz CT molecular complexity index is 1250. The number of carbonyl (C=O) groups excluding carboxylic acids is 1. The summed E-state index contributed by atoms with van der Waals surface area (Å²) < 4.78 is 3.86. The number of hydrogen-bond donors (Lipinski definition) is 1. The molecule has 1 N–H and O–H groups in total. The van der Waals surface area contributed by atoms with Gasteiger partial charge in [0.25, 0.3) is 0 Å². The summed E-state index contributed by atoms with van der Waals surface area (Å²) in [7, 11) is 0. The summed E-state index contributed by atoms with van der Waals surface area (Å²) in [6, 6.07) is 24.8. The van der Waals surface area contributed by atoms with Crippen LogP contribution in [-0.2, 0) is 11.3 Å². The molecule has 0 radical (unpaired) electrons. The first-order chi connectivity index (χ1) is 14.5. The van der Waals surface area contributed by atoms with Gasteiger partial charge in [0.05, 0.1) is 0 Å². The Morgan fingerprint density at radius 3 is 2.47 bits per heavy atom. The van der Waals surface area contributed by atoms with Gasteiger partial charge in [0.2, 0.25) is 10.7 Å². The number of para-hydroxylation sites is 1. The van der Waals surface area contributed by atoms with E-state index in [1.165, 1.54) is 4.68 Å². The minimum atomic E-state index is -0.235. The lowest BCUT2D eigenvalue weighted by atomic mass is 10.1. The van der Waals surface area contributed by atoms with E-state index in [0.717, 1.165) is 16.8 Å². The predicted octanol–water partition coefficient (Wildman–Crippen LogP) is 5.67. The Balaban J connectivity index is 1.71. The number of hydrogen-bond acceptors (Lipinski definition) is 3. The zero-order valence-electron chi connectivity index (χ0n) is 16.2. The van der Waals surface area contributed by atoms with Crippen molar-refractivity contribution in [3.05, 3.63) is 94.2 Å². The standard InChI is InChI=1S/C23H19ClN4OS/c1-16-10-12-17(13-11-16)22-26-27(23(30)28(22)20-8-3-2-4-9-20)15-21(29)25-19-7-5-6-18(24)14-19/h2-14H,15H2,1H3,(H,25,29). The van der Waals surface area contributed by atoms with Crippen LogP contribution in [0.1, 0.15) is 5.56 Å². The predicted molar refractivity (Wildman–Crippen MR) is 123 cm³/mol. The highest BCUT2D eigenvalue weighted by molar-refractivity contribution is 7.71.